The van der Waals surface area contributed by atoms with Crippen LogP contribution in [0.2, 0.25) is 0 Å². The molecule has 2 aromatic rings. The van der Waals surface area contributed by atoms with Crippen LogP contribution in [0, 0.1) is 18.3 Å². The minimum Gasteiger partial charge on any atom is -0.399 e. The molecule has 0 atom stereocenters. The summed E-state index contributed by atoms with van der Waals surface area (Å²) in [5.74, 6) is -0.479. The van der Waals surface area contributed by atoms with E-state index in [1.54, 1.807) is 24.3 Å². The van der Waals surface area contributed by atoms with Gasteiger partial charge in [-0.1, -0.05) is 12.1 Å². The van der Waals surface area contributed by atoms with Crippen molar-refractivity contribution < 1.29 is 4.79 Å². The third-order valence-electron chi connectivity index (χ3n) is 2.93. The number of nitrogens with two attached hydrogens (primary N) is 1. The first-order valence-electron chi connectivity index (χ1n) is 6.69. The Morgan fingerprint density at radius 2 is 1.91 bits per heavy atom. The topological polar surface area (TPSA) is 90.9 Å². The van der Waals surface area contributed by atoms with Gasteiger partial charge in [-0.2, -0.15) is 5.26 Å². The molecule has 0 radical (unpaired) electrons. The number of benzene rings is 2. The molecule has 0 spiro atoms. The number of nitriles is 1. The molecule has 0 aliphatic rings. The molecule has 4 N–H and O–H groups in total. The van der Waals surface area contributed by atoms with Crippen LogP contribution in [-0.4, -0.2) is 5.91 Å². The summed E-state index contributed by atoms with van der Waals surface area (Å²) >= 11 is 0. The maximum Gasteiger partial charge on any atom is 0.267 e. The fourth-order valence-corrected chi connectivity index (χ4v) is 1.80. The number of hydrogen-bond acceptors (Lipinski definition) is 4. The number of carbonyl (C=O) groups excluding carboxylic acids is 1. The summed E-state index contributed by atoms with van der Waals surface area (Å²) in [4.78, 5) is 12.0. The molecule has 2 aromatic carbocycles. The minimum absolute atomic E-state index is 0.0154. The van der Waals surface area contributed by atoms with Crippen molar-refractivity contribution in [2.24, 2.45) is 0 Å². The number of amides is 1. The van der Waals surface area contributed by atoms with E-state index in [9.17, 15) is 4.79 Å². The summed E-state index contributed by atoms with van der Waals surface area (Å²) in [6.45, 7) is 1.97. The van der Waals surface area contributed by atoms with Gasteiger partial charge in [-0.15, -0.1) is 0 Å². The number of anilines is 3. The van der Waals surface area contributed by atoms with Gasteiger partial charge in [-0.25, -0.2) is 0 Å². The highest BCUT2D eigenvalue weighted by Gasteiger charge is 2.09. The molecule has 0 fully saturated rings. The molecule has 0 aliphatic carbocycles. The van der Waals surface area contributed by atoms with E-state index in [1.807, 2.05) is 37.3 Å². The molecule has 0 bridgehead atoms. The molecule has 0 heterocycles. The van der Waals surface area contributed by atoms with Crippen molar-refractivity contribution in [3.05, 3.63) is 65.9 Å². The highest BCUT2D eigenvalue weighted by molar-refractivity contribution is 6.06. The second kappa shape index (κ2) is 6.95. The van der Waals surface area contributed by atoms with E-state index < -0.39 is 5.91 Å². The molecule has 0 saturated heterocycles. The third kappa shape index (κ3) is 4.12. The molecule has 0 unspecified atom stereocenters. The second-order valence-corrected chi connectivity index (χ2v) is 4.76. The molecule has 0 aliphatic heterocycles. The van der Waals surface area contributed by atoms with Gasteiger partial charge in [0, 0.05) is 23.3 Å². The molecule has 1 amide bonds. The van der Waals surface area contributed by atoms with Gasteiger partial charge >= 0.3 is 0 Å². The summed E-state index contributed by atoms with van der Waals surface area (Å²) in [5, 5.41) is 14.7. The van der Waals surface area contributed by atoms with E-state index in [2.05, 4.69) is 10.6 Å². The molecule has 110 valence electrons. The van der Waals surface area contributed by atoms with Crippen molar-refractivity contribution in [3.8, 4) is 6.07 Å². The SMILES string of the molecule is Cc1cccc(N/C=C(/C#N)C(=O)Nc2ccc(N)cc2)c1. The minimum atomic E-state index is -0.479. The normalized spacial score (nSPS) is 10.6. The van der Waals surface area contributed by atoms with Crippen LogP contribution >= 0.6 is 0 Å². The number of nitrogens with zero attached hydrogens (tertiary/aromatic N) is 1. The molecule has 5 nitrogen and oxygen atoms in total. The Balaban J connectivity index is 2.07. The van der Waals surface area contributed by atoms with Crippen molar-refractivity contribution in [2.75, 3.05) is 16.4 Å². The van der Waals surface area contributed by atoms with Crippen molar-refractivity contribution in [2.45, 2.75) is 6.92 Å². The van der Waals surface area contributed by atoms with Gasteiger partial charge in [0.2, 0.25) is 0 Å². The van der Waals surface area contributed by atoms with E-state index in [0.717, 1.165) is 11.3 Å². The Hall–Kier alpha value is -3.26. The molecule has 0 saturated carbocycles. The quantitative estimate of drug-likeness (QED) is 0.459. The summed E-state index contributed by atoms with van der Waals surface area (Å²) in [6, 6.07) is 16.2. The van der Waals surface area contributed by atoms with E-state index in [4.69, 9.17) is 11.0 Å². The average Bonchev–Trinajstić information content (AvgIpc) is 2.50. The Morgan fingerprint density at radius 1 is 1.18 bits per heavy atom. The van der Waals surface area contributed by atoms with Crippen LogP contribution in [0.5, 0.6) is 0 Å². The van der Waals surface area contributed by atoms with E-state index in [0.29, 0.717) is 11.4 Å². The van der Waals surface area contributed by atoms with Gasteiger partial charge in [0.25, 0.3) is 5.91 Å². The molecular formula is C17H16N4O. The zero-order valence-corrected chi connectivity index (χ0v) is 12.1. The van der Waals surface area contributed by atoms with Gasteiger partial charge in [0.1, 0.15) is 11.6 Å². The predicted octanol–water partition coefficient (Wildman–Crippen LogP) is 3.04. The number of aryl methyl sites for hydroxylation is 1. The maximum absolute atomic E-state index is 12.0. The Bertz CT molecular complexity index is 742. The number of rotatable bonds is 4. The van der Waals surface area contributed by atoms with Crippen molar-refractivity contribution in [3.63, 3.8) is 0 Å². The van der Waals surface area contributed by atoms with Gasteiger partial charge in [0.15, 0.2) is 0 Å². The average molecular weight is 292 g/mol. The Kier molecular flexibility index (Phi) is 4.78. The second-order valence-electron chi connectivity index (χ2n) is 4.76. The fraction of sp³-hybridized carbons (Fsp3) is 0.0588. The van der Waals surface area contributed by atoms with Gasteiger partial charge in [0.05, 0.1) is 0 Å². The van der Waals surface area contributed by atoms with Crippen LogP contribution < -0.4 is 16.4 Å². The largest absolute Gasteiger partial charge is 0.399 e. The lowest BCUT2D eigenvalue weighted by Crippen LogP contribution is -2.14. The summed E-state index contributed by atoms with van der Waals surface area (Å²) in [7, 11) is 0. The van der Waals surface area contributed by atoms with Crippen LogP contribution in [0.25, 0.3) is 0 Å². The van der Waals surface area contributed by atoms with Gasteiger partial charge in [-0.05, 0) is 48.9 Å². The van der Waals surface area contributed by atoms with Crippen LogP contribution in [0.3, 0.4) is 0 Å². The zero-order chi connectivity index (χ0) is 15.9. The van der Waals surface area contributed by atoms with Crippen molar-refractivity contribution >= 4 is 23.0 Å². The Morgan fingerprint density at radius 3 is 2.55 bits per heavy atom. The Labute approximate surface area is 129 Å². The monoisotopic (exact) mass is 292 g/mol. The lowest BCUT2D eigenvalue weighted by Gasteiger charge is -2.06. The number of carbonyl (C=O) groups is 1. The first-order chi connectivity index (χ1) is 10.6. The van der Waals surface area contributed by atoms with Gasteiger partial charge in [-0.3, -0.25) is 4.79 Å². The van der Waals surface area contributed by atoms with E-state index in [1.165, 1.54) is 6.20 Å². The fourth-order valence-electron chi connectivity index (χ4n) is 1.80. The molecule has 2 rings (SSSR count). The lowest BCUT2D eigenvalue weighted by atomic mass is 10.2. The number of hydrogen-bond donors (Lipinski definition) is 3. The van der Waals surface area contributed by atoms with Crippen LogP contribution in [-0.2, 0) is 4.79 Å². The molecule has 5 heteroatoms. The van der Waals surface area contributed by atoms with Crippen LogP contribution in [0.1, 0.15) is 5.56 Å². The van der Waals surface area contributed by atoms with Crippen LogP contribution in [0.4, 0.5) is 17.1 Å². The number of nitrogen functional groups attached to an aromatic ring is 1. The molecule has 22 heavy (non-hydrogen) atoms. The van der Waals surface area contributed by atoms with E-state index >= 15 is 0 Å². The maximum atomic E-state index is 12.0. The molecule has 0 aromatic heterocycles. The lowest BCUT2D eigenvalue weighted by molar-refractivity contribution is -0.112. The number of nitrogens with one attached hydrogen (secondary N) is 2. The first kappa shape index (κ1) is 15.1. The van der Waals surface area contributed by atoms with Crippen LogP contribution in [0.15, 0.2) is 60.3 Å². The highest BCUT2D eigenvalue weighted by atomic mass is 16.1. The summed E-state index contributed by atoms with van der Waals surface area (Å²) < 4.78 is 0. The zero-order valence-electron chi connectivity index (χ0n) is 12.1. The van der Waals surface area contributed by atoms with Crippen molar-refractivity contribution in [1.82, 2.24) is 0 Å². The predicted molar refractivity (Wildman–Crippen MR) is 88.0 cm³/mol. The molecular weight excluding hydrogens is 276 g/mol. The van der Waals surface area contributed by atoms with Crippen molar-refractivity contribution in [1.29, 1.82) is 5.26 Å². The third-order valence-corrected chi connectivity index (χ3v) is 2.93. The smallest absolute Gasteiger partial charge is 0.267 e. The summed E-state index contributed by atoms with van der Waals surface area (Å²) in [6.07, 6.45) is 1.39. The van der Waals surface area contributed by atoms with E-state index in [-0.39, 0.29) is 5.57 Å². The highest BCUT2D eigenvalue weighted by Crippen LogP contribution is 2.13. The van der Waals surface area contributed by atoms with Gasteiger partial charge < -0.3 is 16.4 Å². The first-order valence-corrected chi connectivity index (χ1v) is 6.69. The summed E-state index contributed by atoms with van der Waals surface area (Å²) in [5.41, 5.74) is 8.65. The standard InChI is InChI=1S/C17H16N4O/c1-12-3-2-4-16(9-12)20-11-13(10-18)17(22)21-15-7-5-14(19)6-8-15/h2-9,11,20H,19H2,1H3,(H,21,22)/b13-11-.